The third kappa shape index (κ3) is 4.09. The van der Waals surface area contributed by atoms with Crippen molar-refractivity contribution in [1.29, 1.82) is 5.26 Å². The zero-order chi connectivity index (χ0) is 24.8. The van der Waals surface area contributed by atoms with E-state index in [0.29, 0.717) is 43.9 Å². The van der Waals surface area contributed by atoms with E-state index < -0.39 is 21.9 Å². The minimum atomic E-state index is -1.08. The average Bonchev–Trinajstić information content (AvgIpc) is 3.62. The van der Waals surface area contributed by atoms with Gasteiger partial charge in [0.05, 0.1) is 30.0 Å². The Hall–Kier alpha value is -3.29. The van der Waals surface area contributed by atoms with Crippen LogP contribution >= 0.6 is 11.8 Å². The summed E-state index contributed by atoms with van der Waals surface area (Å²) in [6.45, 7) is 3.78. The molecule has 0 spiro atoms. The SMILES string of the molecule is C[C@]1(c2cc(/C=C(\F)c3ccc(C#N)cn3)ccc2F)N=C(N)SC2(C(=O)N3CCOCC3)C[C@H]21. The molecule has 2 fully saturated rings. The predicted molar refractivity (Wildman–Crippen MR) is 129 cm³/mol. The number of pyridine rings is 1. The summed E-state index contributed by atoms with van der Waals surface area (Å²) in [7, 11) is 0. The van der Waals surface area contributed by atoms with Gasteiger partial charge in [-0.15, -0.1) is 0 Å². The molecule has 1 saturated heterocycles. The Morgan fingerprint density at radius 1 is 1.34 bits per heavy atom. The van der Waals surface area contributed by atoms with Crippen molar-refractivity contribution < 1.29 is 18.3 Å². The lowest BCUT2D eigenvalue weighted by atomic mass is 9.84. The summed E-state index contributed by atoms with van der Waals surface area (Å²) in [6.07, 6.45) is 3.07. The molecule has 1 saturated carbocycles. The number of halogens is 2. The van der Waals surface area contributed by atoms with Crippen LogP contribution in [0.25, 0.3) is 11.9 Å². The molecule has 0 radical (unpaired) electrons. The number of nitrogens with zero attached hydrogens (tertiary/aromatic N) is 4. The van der Waals surface area contributed by atoms with Gasteiger partial charge in [0.1, 0.15) is 22.5 Å². The standard InChI is InChI=1S/C25H23F2N5O2S/c1-24(21-12-25(21,35-23(29)31-24)22(33)32-6-8-34-9-7-32)17-10-15(2-4-18(17)26)11-19(27)20-5-3-16(13-28)14-30-20/h2-5,10-11,14,21H,6-9,12H2,1H3,(H2,29,31)/b19-11-/t21-,24+,25?/m0/s1. The van der Waals surface area contributed by atoms with Gasteiger partial charge in [0.25, 0.3) is 0 Å². The largest absolute Gasteiger partial charge is 0.378 e. The Kier molecular flexibility index (Phi) is 5.85. The van der Waals surface area contributed by atoms with Crippen LogP contribution in [-0.4, -0.2) is 52.0 Å². The Balaban J connectivity index is 1.47. The van der Waals surface area contributed by atoms with Crippen LogP contribution in [0.5, 0.6) is 0 Å². The van der Waals surface area contributed by atoms with Crippen LogP contribution in [-0.2, 0) is 15.1 Å². The number of carbonyl (C=O) groups is 1. The number of rotatable bonds is 4. The molecule has 1 unspecified atom stereocenters. The number of carbonyl (C=O) groups excluding carboxylic acids is 1. The van der Waals surface area contributed by atoms with Gasteiger partial charge in [-0.05, 0) is 49.2 Å². The molecule has 3 aliphatic rings. The van der Waals surface area contributed by atoms with Crippen molar-refractivity contribution >= 4 is 34.7 Å². The summed E-state index contributed by atoms with van der Waals surface area (Å²) in [6, 6.07) is 9.11. The molecule has 5 rings (SSSR count). The third-order valence-corrected chi connectivity index (χ3v) is 8.13. The highest BCUT2D eigenvalue weighted by Gasteiger charge is 2.71. The maximum Gasteiger partial charge on any atom is 0.239 e. The first-order chi connectivity index (χ1) is 16.8. The van der Waals surface area contributed by atoms with Crippen LogP contribution in [0.2, 0.25) is 0 Å². The van der Waals surface area contributed by atoms with E-state index in [4.69, 9.17) is 15.7 Å². The minimum absolute atomic E-state index is 0.0192. The number of ether oxygens (including phenoxy) is 1. The second-order valence-electron chi connectivity index (χ2n) is 9.03. The topological polar surface area (TPSA) is 105 Å². The summed E-state index contributed by atoms with van der Waals surface area (Å²) in [5, 5.41) is 9.13. The number of amidine groups is 1. The number of thioether (sulfide) groups is 1. The van der Waals surface area contributed by atoms with Crippen molar-refractivity contribution in [2.24, 2.45) is 16.6 Å². The normalized spacial score (nSPS) is 28.1. The van der Waals surface area contributed by atoms with E-state index in [9.17, 15) is 9.18 Å². The monoisotopic (exact) mass is 495 g/mol. The highest BCUT2D eigenvalue weighted by Crippen LogP contribution is 2.66. The Bertz CT molecular complexity index is 1290. The maximum atomic E-state index is 15.2. The molecule has 180 valence electrons. The van der Waals surface area contributed by atoms with E-state index in [1.165, 1.54) is 48.3 Å². The predicted octanol–water partition coefficient (Wildman–Crippen LogP) is 3.45. The molecule has 1 aromatic carbocycles. The molecule has 7 nitrogen and oxygen atoms in total. The van der Waals surface area contributed by atoms with E-state index in [2.05, 4.69) is 9.98 Å². The highest BCUT2D eigenvalue weighted by molar-refractivity contribution is 8.15. The van der Waals surface area contributed by atoms with Crippen molar-refractivity contribution in [3.05, 3.63) is 64.7 Å². The number of hydrogen-bond acceptors (Lipinski definition) is 7. The quantitative estimate of drug-likeness (QED) is 0.697. The number of benzene rings is 1. The molecule has 2 aliphatic heterocycles. The van der Waals surface area contributed by atoms with E-state index in [1.54, 1.807) is 17.9 Å². The van der Waals surface area contributed by atoms with Crippen molar-refractivity contribution in [3.63, 3.8) is 0 Å². The number of hydrogen-bond donors (Lipinski definition) is 1. The smallest absolute Gasteiger partial charge is 0.239 e. The van der Waals surface area contributed by atoms with Crippen LogP contribution in [0.1, 0.15) is 35.7 Å². The van der Waals surface area contributed by atoms with Crippen LogP contribution in [0.3, 0.4) is 0 Å². The van der Waals surface area contributed by atoms with Gasteiger partial charge in [-0.3, -0.25) is 14.8 Å². The van der Waals surface area contributed by atoms with Crippen molar-refractivity contribution in [1.82, 2.24) is 9.88 Å². The van der Waals surface area contributed by atoms with E-state index >= 15 is 4.39 Å². The van der Waals surface area contributed by atoms with Gasteiger partial charge < -0.3 is 15.4 Å². The zero-order valence-corrected chi connectivity index (χ0v) is 19.8. The molecule has 1 aliphatic carbocycles. The molecular formula is C25H23F2N5O2S. The van der Waals surface area contributed by atoms with Gasteiger partial charge in [-0.25, -0.2) is 8.78 Å². The number of fused-ring (bicyclic) bond motifs is 1. The summed E-state index contributed by atoms with van der Waals surface area (Å²) < 4.78 is 34.6. The first-order valence-corrected chi connectivity index (χ1v) is 12.0. The van der Waals surface area contributed by atoms with Gasteiger partial charge in [-0.1, -0.05) is 17.8 Å². The van der Waals surface area contributed by atoms with E-state index in [1.807, 2.05) is 6.07 Å². The first-order valence-electron chi connectivity index (χ1n) is 11.2. The van der Waals surface area contributed by atoms with Crippen molar-refractivity contribution in [2.75, 3.05) is 26.3 Å². The molecule has 3 atom stereocenters. The van der Waals surface area contributed by atoms with E-state index in [-0.39, 0.29) is 28.3 Å². The molecule has 35 heavy (non-hydrogen) atoms. The highest BCUT2D eigenvalue weighted by atomic mass is 32.2. The van der Waals surface area contributed by atoms with Gasteiger partial charge in [0.2, 0.25) is 5.91 Å². The fourth-order valence-electron chi connectivity index (χ4n) is 4.93. The van der Waals surface area contributed by atoms with Gasteiger partial charge in [0.15, 0.2) is 5.17 Å². The third-order valence-electron chi connectivity index (χ3n) is 6.84. The lowest BCUT2D eigenvalue weighted by molar-refractivity contribution is -0.135. The summed E-state index contributed by atoms with van der Waals surface area (Å²) >= 11 is 1.25. The Morgan fingerprint density at radius 2 is 2.11 bits per heavy atom. The molecule has 3 heterocycles. The minimum Gasteiger partial charge on any atom is -0.378 e. The molecule has 1 amide bonds. The Labute approximate surface area is 205 Å². The lowest BCUT2D eigenvalue weighted by Crippen LogP contribution is -2.49. The number of amides is 1. The molecule has 2 aromatic rings. The number of nitriles is 1. The van der Waals surface area contributed by atoms with Crippen LogP contribution in [0, 0.1) is 23.1 Å². The first kappa shape index (κ1) is 23.5. The summed E-state index contributed by atoms with van der Waals surface area (Å²) in [5.74, 6) is -1.39. The number of morpholine rings is 1. The van der Waals surface area contributed by atoms with Gasteiger partial charge in [0, 0.05) is 30.8 Å². The van der Waals surface area contributed by atoms with Crippen LogP contribution in [0.15, 0.2) is 41.5 Å². The number of nitrogens with two attached hydrogens (primary N) is 1. The second-order valence-corrected chi connectivity index (χ2v) is 10.4. The maximum absolute atomic E-state index is 15.2. The zero-order valence-electron chi connectivity index (χ0n) is 19.0. The van der Waals surface area contributed by atoms with Crippen LogP contribution < -0.4 is 5.73 Å². The fraction of sp³-hybridized carbons (Fsp3) is 0.360. The average molecular weight is 496 g/mol. The molecule has 10 heteroatoms. The molecular weight excluding hydrogens is 472 g/mol. The molecule has 2 N–H and O–H groups in total. The summed E-state index contributed by atoms with van der Waals surface area (Å²) in [4.78, 5) is 23.8. The molecule has 0 bridgehead atoms. The molecule has 1 aromatic heterocycles. The summed E-state index contributed by atoms with van der Waals surface area (Å²) in [5.41, 5.74) is 6.17. The fourth-order valence-corrected chi connectivity index (χ4v) is 6.38. The van der Waals surface area contributed by atoms with Crippen molar-refractivity contribution in [2.45, 2.75) is 23.6 Å². The lowest BCUT2D eigenvalue weighted by Gasteiger charge is -2.36. The number of aliphatic imine (C=N–C) groups is 1. The van der Waals surface area contributed by atoms with Gasteiger partial charge in [-0.2, -0.15) is 5.26 Å². The van der Waals surface area contributed by atoms with Gasteiger partial charge >= 0.3 is 0 Å². The van der Waals surface area contributed by atoms with E-state index in [0.717, 1.165) is 0 Å². The van der Waals surface area contributed by atoms with Crippen LogP contribution in [0.4, 0.5) is 8.78 Å². The van der Waals surface area contributed by atoms with Crippen molar-refractivity contribution in [3.8, 4) is 6.07 Å². The second kappa shape index (κ2) is 8.73. The Morgan fingerprint density at radius 3 is 2.80 bits per heavy atom. The number of aromatic nitrogens is 1.